The molecule has 150 valence electrons. The number of aromatic nitrogens is 1. The highest BCUT2D eigenvalue weighted by atomic mass is 127. The fraction of sp³-hybridized carbons (Fsp3) is 0.333. The molecule has 0 amide bonds. The number of nitrogens with zero attached hydrogens (tertiary/aromatic N) is 4. The van der Waals surface area contributed by atoms with Crippen molar-refractivity contribution in [2.75, 3.05) is 25.0 Å². The van der Waals surface area contributed by atoms with Gasteiger partial charge in [-0.3, -0.25) is 15.1 Å². The van der Waals surface area contributed by atoms with Gasteiger partial charge in [0.1, 0.15) is 0 Å². The summed E-state index contributed by atoms with van der Waals surface area (Å²) < 4.78 is 13.9. The number of rotatable bonds is 5. The Morgan fingerprint density at radius 2 is 2.18 bits per heavy atom. The van der Waals surface area contributed by atoms with Gasteiger partial charge in [0.25, 0.3) is 5.69 Å². The van der Waals surface area contributed by atoms with Gasteiger partial charge in [-0.25, -0.2) is 9.37 Å². The Kier molecular flexibility index (Phi) is 7.91. The van der Waals surface area contributed by atoms with Crippen molar-refractivity contribution >= 4 is 41.4 Å². The molecule has 3 rings (SSSR count). The number of para-hydroxylation sites is 1. The minimum absolute atomic E-state index is 0. The first kappa shape index (κ1) is 21.8. The summed E-state index contributed by atoms with van der Waals surface area (Å²) in [5.74, 6) is 0.559. The molecule has 2 aromatic rings. The number of benzene rings is 1. The maximum absolute atomic E-state index is 13.9. The maximum atomic E-state index is 13.9. The molecule has 2 N–H and O–H groups in total. The SMILES string of the molecule is CN=C(NCc1ccccc1[N+](=O)[O-])NC1CCN(c2ncccc2F)C1.I. The summed E-state index contributed by atoms with van der Waals surface area (Å²) in [7, 11) is 1.64. The van der Waals surface area contributed by atoms with Gasteiger partial charge >= 0.3 is 0 Å². The first-order chi connectivity index (χ1) is 13.1. The summed E-state index contributed by atoms with van der Waals surface area (Å²) in [5, 5.41) is 17.5. The lowest BCUT2D eigenvalue weighted by Crippen LogP contribution is -2.44. The number of pyridine rings is 1. The van der Waals surface area contributed by atoms with E-state index in [1.807, 2.05) is 4.90 Å². The Hall–Kier alpha value is -2.50. The highest BCUT2D eigenvalue weighted by Crippen LogP contribution is 2.21. The fourth-order valence-corrected chi connectivity index (χ4v) is 3.09. The van der Waals surface area contributed by atoms with Crippen LogP contribution in [0.4, 0.5) is 15.9 Å². The summed E-state index contributed by atoms with van der Waals surface area (Å²) in [6, 6.07) is 9.62. The van der Waals surface area contributed by atoms with Crippen LogP contribution in [0.25, 0.3) is 0 Å². The summed E-state index contributed by atoms with van der Waals surface area (Å²) >= 11 is 0. The molecule has 10 heteroatoms. The van der Waals surface area contributed by atoms with Crippen LogP contribution in [0.1, 0.15) is 12.0 Å². The summed E-state index contributed by atoms with van der Waals surface area (Å²) in [6.45, 7) is 1.56. The molecule has 1 fully saturated rings. The van der Waals surface area contributed by atoms with E-state index >= 15 is 0 Å². The highest BCUT2D eigenvalue weighted by Gasteiger charge is 2.26. The predicted molar refractivity (Wildman–Crippen MR) is 117 cm³/mol. The van der Waals surface area contributed by atoms with Crippen LogP contribution in [0, 0.1) is 15.9 Å². The number of anilines is 1. The highest BCUT2D eigenvalue weighted by molar-refractivity contribution is 14.0. The van der Waals surface area contributed by atoms with Crippen molar-refractivity contribution in [3.05, 3.63) is 64.1 Å². The quantitative estimate of drug-likeness (QED) is 0.216. The van der Waals surface area contributed by atoms with Crippen molar-refractivity contribution in [1.82, 2.24) is 15.6 Å². The van der Waals surface area contributed by atoms with Crippen LogP contribution in [-0.2, 0) is 6.54 Å². The topological polar surface area (TPSA) is 95.7 Å². The van der Waals surface area contributed by atoms with Gasteiger partial charge in [0.2, 0.25) is 0 Å². The molecule has 1 atom stereocenters. The average Bonchev–Trinajstić information content (AvgIpc) is 3.14. The van der Waals surface area contributed by atoms with Crippen molar-refractivity contribution in [3.63, 3.8) is 0 Å². The van der Waals surface area contributed by atoms with Crippen LogP contribution in [0.3, 0.4) is 0 Å². The van der Waals surface area contributed by atoms with Crippen LogP contribution >= 0.6 is 24.0 Å². The Morgan fingerprint density at radius 3 is 2.89 bits per heavy atom. The molecule has 0 saturated carbocycles. The number of aliphatic imine (C=N–C) groups is 1. The second-order valence-corrected chi connectivity index (χ2v) is 6.20. The largest absolute Gasteiger partial charge is 0.352 e. The first-order valence-corrected chi connectivity index (χ1v) is 8.63. The molecular weight excluding hydrogens is 478 g/mol. The standard InChI is InChI=1S/C18H21FN6O2.HI/c1-20-18(22-11-13-5-2-3-7-16(13)25(26)27)23-14-8-10-24(12-14)17-15(19)6-4-9-21-17;/h2-7,9,14H,8,10-12H2,1H3,(H2,20,22,23);1H. The molecule has 0 aliphatic carbocycles. The van der Waals surface area contributed by atoms with Crippen LogP contribution in [0.5, 0.6) is 0 Å². The minimum atomic E-state index is -0.399. The zero-order chi connectivity index (χ0) is 19.2. The van der Waals surface area contributed by atoms with E-state index in [0.29, 0.717) is 30.4 Å². The molecule has 1 aromatic carbocycles. The van der Waals surface area contributed by atoms with Crippen molar-refractivity contribution in [1.29, 1.82) is 0 Å². The van der Waals surface area contributed by atoms with E-state index < -0.39 is 4.92 Å². The lowest BCUT2D eigenvalue weighted by molar-refractivity contribution is -0.385. The van der Waals surface area contributed by atoms with Gasteiger partial charge in [0.05, 0.1) is 4.92 Å². The molecule has 2 heterocycles. The predicted octanol–water partition coefficient (Wildman–Crippen LogP) is 2.69. The Labute approximate surface area is 179 Å². The molecule has 0 radical (unpaired) electrons. The van der Waals surface area contributed by atoms with E-state index in [9.17, 15) is 14.5 Å². The van der Waals surface area contributed by atoms with Crippen LogP contribution in [0.2, 0.25) is 0 Å². The van der Waals surface area contributed by atoms with E-state index in [4.69, 9.17) is 0 Å². The van der Waals surface area contributed by atoms with Gasteiger partial charge in [-0.1, -0.05) is 18.2 Å². The second kappa shape index (κ2) is 10.2. The zero-order valence-corrected chi connectivity index (χ0v) is 17.7. The second-order valence-electron chi connectivity index (χ2n) is 6.20. The number of hydrogen-bond acceptors (Lipinski definition) is 5. The molecule has 0 bridgehead atoms. The Balaban J connectivity index is 0.00000280. The van der Waals surface area contributed by atoms with E-state index in [1.165, 1.54) is 12.1 Å². The number of halogens is 2. The third-order valence-corrected chi connectivity index (χ3v) is 4.43. The van der Waals surface area contributed by atoms with Gasteiger partial charge in [-0.05, 0) is 18.6 Å². The van der Waals surface area contributed by atoms with Crippen LogP contribution < -0.4 is 15.5 Å². The molecular formula is C18H22FIN6O2. The van der Waals surface area contributed by atoms with E-state index in [-0.39, 0.29) is 48.1 Å². The van der Waals surface area contributed by atoms with Crippen molar-refractivity contribution in [2.24, 2.45) is 4.99 Å². The monoisotopic (exact) mass is 500 g/mol. The van der Waals surface area contributed by atoms with Gasteiger partial charge in [-0.15, -0.1) is 24.0 Å². The molecule has 8 nitrogen and oxygen atoms in total. The van der Waals surface area contributed by atoms with Crippen molar-refractivity contribution in [3.8, 4) is 0 Å². The molecule has 0 spiro atoms. The van der Waals surface area contributed by atoms with Gasteiger partial charge in [0, 0.05) is 50.6 Å². The summed E-state index contributed by atoms with van der Waals surface area (Å²) in [5.41, 5.74) is 0.646. The first-order valence-electron chi connectivity index (χ1n) is 8.63. The zero-order valence-electron chi connectivity index (χ0n) is 15.3. The third kappa shape index (κ3) is 5.27. The normalized spacial score (nSPS) is 16.4. The molecule has 1 aliphatic rings. The Morgan fingerprint density at radius 1 is 1.39 bits per heavy atom. The number of hydrogen-bond donors (Lipinski definition) is 2. The third-order valence-electron chi connectivity index (χ3n) is 4.43. The van der Waals surface area contributed by atoms with E-state index in [1.54, 1.807) is 37.5 Å². The smallest absolute Gasteiger partial charge is 0.274 e. The van der Waals surface area contributed by atoms with E-state index in [0.717, 1.165) is 6.42 Å². The maximum Gasteiger partial charge on any atom is 0.274 e. The van der Waals surface area contributed by atoms with Crippen molar-refractivity contribution in [2.45, 2.75) is 19.0 Å². The van der Waals surface area contributed by atoms with E-state index in [2.05, 4.69) is 20.6 Å². The van der Waals surface area contributed by atoms with Crippen LogP contribution in [-0.4, -0.2) is 42.0 Å². The number of nitrogens with one attached hydrogen (secondary N) is 2. The number of nitro groups is 1. The van der Waals surface area contributed by atoms with Crippen molar-refractivity contribution < 1.29 is 9.31 Å². The summed E-state index contributed by atoms with van der Waals surface area (Å²) in [6.07, 6.45) is 2.38. The molecule has 1 aromatic heterocycles. The molecule has 1 saturated heterocycles. The molecule has 1 aliphatic heterocycles. The molecule has 1 unspecified atom stereocenters. The lowest BCUT2D eigenvalue weighted by Gasteiger charge is -2.20. The molecule has 28 heavy (non-hydrogen) atoms. The lowest BCUT2D eigenvalue weighted by atomic mass is 10.2. The Bertz CT molecular complexity index is 850. The minimum Gasteiger partial charge on any atom is -0.352 e. The van der Waals surface area contributed by atoms with Crippen LogP contribution in [0.15, 0.2) is 47.6 Å². The van der Waals surface area contributed by atoms with Gasteiger partial charge in [0.15, 0.2) is 17.6 Å². The average molecular weight is 500 g/mol. The fourth-order valence-electron chi connectivity index (χ4n) is 3.09. The number of nitro benzene ring substituents is 1. The number of guanidine groups is 1. The summed E-state index contributed by atoms with van der Waals surface area (Å²) in [4.78, 5) is 20.9. The van der Waals surface area contributed by atoms with Gasteiger partial charge in [-0.2, -0.15) is 0 Å². The van der Waals surface area contributed by atoms with Gasteiger partial charge < -0.3 is 15.5 Å².